The van der Waals surface area contributed by atoms with Crippen molar-refractivity contribution < 1.29 is 17.9 Å². The van der Waals surface area contributed by atoms with Crippen LogP contribution >= 0.6 is 0 Å². The standard InChI is InChI=1S/C28H41F3O/c1-2-3-4-5-20-6-7-26-19-25(13-12-24(26)18-20)23-10-8-21(9-11-23)22-14-16-27(17-15-22)32-28(29,30)31/h14-17,20-21,23-26H,2-13,18-19H2,1H3. The van der Waals surface area contributed by atoms with Crippen molar-refractivity contribution in [3.63, 3.8) is 0 Å². The number of hydrogen-bond acceptors (Lipinski definition) is 1. The van der Waals surface area contributed by atoms with Crippen LogP contribution < -0.4 is 4.74 Å². The summed E-state index contributed by atoms with van der Waals surface area (Å²) in [5, 5.41) is 0. The van der Waals surface area contributed by atoms with Gasteiger partial charge in [0.2, 0.25) is 0 Å². The lowest BCUT2D eigenvalue weighted by Crippen LogP contribution is -2.34. The van der Waals surface area contributed by atoms with Crippen molar-refractivity contribution in [2.24, 2.45) is 29.6 Å². The zero-order valence-electron chi connectivity index (χ0n) is 19.7. The Morgan fingerprint density at radius 3 is 2.00 bits per heavy atom. The van der Waals surface area contributed by atoms with Crippen LogP contribution in [0.25, 0.3) is 0 Å². The number of hydrogen-bond donors (Lipinski definition) is 0. The Hall–Kier alpha value is -1.19. The van der Waals surface area contributed by atoms with Gasteiger partial charge in [0.15, 0.2) is 0 Å². The maximum Gasteiger partial charge on any atom is 0.573 e. The van der Waals surface area contributed by atoms with E-state index in [-0.39, 0.29) is 5.75 Å². The Morgan fingerprint density at radius 1 is 0.750 bits per heavy atom. The van der Waals surface area contributed by atoms with Gasteiger partial charge in [0, 0.05) is 0 Å². The first-order valence-corrected chi connectivity index (χ1v) is 13.3. The van der Waals surface area contributed by atoms with Crippen LogP contribution in [0, 0.1) is 29.6 Å². The Balaban J connectivity index is 1.22. The first kappa shape index (κ1) is 24.0. The van der Waals surface area contributed by atoms with Gasteiger partial charge in [-0.3, -0.25) is 0 Å². The van der Waals surface area contributed by atoms with Crippen molar-refractivity contribution in [1.82, 2.24) is 0 Å². The number of fused-ring (bicyclic) bond motifs is 1. The fraction of sp³-hybridized carbons (Fsp3) is 0.786. The molecule has 0 spiro atoms. The molecule has 0 heterocycles. The second kappa shape index (κ2) is 10.8. The van der Waals surface area contributed by atoms with Gasteiger partial charge in [-0.1, -0.05) is 51.2 Å². The van der Waals surface area contributed by atoms with Crippen molar-refractivity contribution in [2.45, 2.75) is 109 Å². The first-order valence-electron chi connectivity index (χ1n) is 13.3. The van der Waals surface area contributed by atoms with Crippen LogP contribution in [-0.2, 0) is 0 Å². The molecule has 3 aliphatic carbocycles. The molecule has 180 valence electrons. The molecule has 0 aromatic heterocycles. The maximum absolute atomic E-state index is 12.4. The molecule has 3 saturated carbocycles. The normalized spacial score (nSPS) is 33.5. The number of rotatable bonds is 7. The number of benzene rings is 1. The number of unbranched alkanes of at least 4 members (excludes halogenated alkanes) is 2. The zero-order valence-corrected chi connectivity index (χ0v) is 19.7. The van der Waals surface area contributed by atoms with Crippen LogP contribution in [-0.4, -0.2) is 6.36 Å². The summed E-state index contributed by atoms with van der Waals surface area (Å²) in [6.07, 6.45) is 14.7. The highest BCUT2D eigenvalue weighted by Gasteiger charge is 2.38. The molecule has 1 nitrogen and oxygen atoms in total. The summed E-state index contributed by atoms with van der Waals surface area (Å²) in [5.41, 5.74) is 1.17. The minimum atomic E-state index is -4.62. The summed E-state index contributed by atoms with van der Waals surface area (Å²) < 4.78 is 41.2. The van der Waals surface area contributed by atoms with Gasteiger partial charge in [-0.05, 0) is 111 Å². The predicted octanol–water partition coefficient (Wildman–Crippen LogP) is 9.27. The Labute approximate surface area is 192 Å². The third kappa shape index (κ3) is 6.44. The Kier molecular flexibility index (Phi) is 8.10. The summed E-state index contributed by atoms with van der Waals surface area (Å²) in [6, 6.07) is 6.59. The zero-order chi connectivity index (χ0) is 22.6. The number of alkyl halides is 3. The van der Waals surface area contributed by atoms with E-state index in [4.69, 9.17) is 0 Å². The summed E-state index contributed by atoms with van der Waals surface area (Å²) in [7, 11) is 0. The molecule has 0 amide bonds. The van der Waals surface area contributed by atoms with Crippen LogP contribution in [0.3, 0.4) is 0 Å². The summed E-state index contributed by atoms with van der Waals surface area (Å²) in [6.45, 7) is 2.30. The van der Waals surface area contributed by atoms with Gasteiger partial charge in [-0.25, -0.2) is 0 Å². The molecule has 1 aromatic rings. The van der Waals surface area contributed by atoms with E-state index < -0.39 is 6.36 Å². The number of halogens is 3. The molecular formula is C28H41F3O. The fourth-order valence-electron chi connectivity index (χ4n) is 7.26. The van der Waals surface area contributed by atoms with Crippen LogP contribution in [0.2, 0.25) is 0 Å². The largest absolute Gasteiger partial charge is 0.573 e. The molecule has 3 fully saturated rings. The molecule has 3 aliphatic rings. The first-order chi connectivity index (χ1) is 15.4. The molecular weight excluding hydrogens is 409 g/mol. The average Bonchev–Trinajstić information content (AvgIpc) is 2.78. The van der Waals surface area contributed by atoms with Crippen molar-refractivity contribution >= 4 is 0 Å². The van der Waals surface area contributed by atoms with Crippen molar-refractivity contribution in [3.8, 4) is 5.75 Å². The molecule has 4 rings (SSSR count). The minimum Gasteiger partial charge on any atom is -0.406 e. The third-order valence-electron chi connectivity index (χ3n) is 9.00. The smallest absolute Gasteiger partial charge is 0.406 e. The van der Waals surface area contributed by atoms with Gasteiger partial charge in [-0.15, -0.1) is 13.2 Å². The van der Waals surface area contributed by atoms with Gasteiger partial charge in [0.05, 0.1) is 0 Å². The predicted molar refractivity (Wildman–Crippen MR) is 124 cm³/mol. The molecule has 0 aliphatic heterocycles. The molecule has 0 saturated heterocycles. The third-order valence-corrected chi connectivity index (χ3v) is 9.00. The van der Waals surface area contributed by atoms with E-state index in [0.717, 1.165) is 29.6 Å². The van der Waals surface area contributed by atoms with E-state index in [1.807, 2.05) is 12.1 Å². The van der Waals surface area contributed by atoms with Gasteiger partial charge < -0.3 is 4.74 Å². The molecule has 4 heteroatoms. The Morgan fingerprint density at radius 2 is 1.34 bits per heavy atom. The van der Waals surface area contributed by atoms with Gasteiger partial charge >= 0.3 is 6.36 Å². The SMILES string of the molecule is CCCCCC1CCC2CC(C3CCC(c4ccc(OC(F)(F)F)cc4)CC3)CCC2C1. The minimum absolute atomic E-state index is 0.119. The second-order valence-electron chi connectivity index (χ2n) is 11.0. The fourth-order valence-corrected chi connectivity index (χ4v) is 7.26. The van der Waals surface area contributed by atoms with Crippen LogP contribution in [0.5, 0.6) is 5.75 Å². The molecule has 32 heavy (non-hydrogen) atoms. The highest BCUT2D eigenvalue weighted by molar-refractivity contribution is 5.29. The lowest BCUT2D eigenvalue weighted by Gasteiger charge is -2.45. The summed E-state index contributed by atoms with van der Waals surface area (Å²) in [5.74, 6) is 5.13. The molecule has 0 bridgehead atoms. The van der Waals surface area contributed by atoms with Crippen molar-refractivity contribution in [2.75, 3.05) is 0 Å². The highest BCUT2D eigenvalue weighted by Crippen LogP contribution is 2.50. The Bertz CT molecular complexity index is 690. The number of ether oxygens (including phenoxy) is 1. The van der Waals surface area contributed by atoms with Crippen LogP contribution in [0.15, 0.2) is 24.3 Å². The summed E-state index contributed by atoms with van der Waals surface area (Å²) in [4.78, 5) is 0. The maximum atomic E-state index is 12.4. The lowest BCUT2D eigenvalue weighted by molar-refractivity contribution is -0.274. The van der Waals surface area contributed by atoms with Crippen molar-refractivity contribution in [1.29, 1.82) is 0 Å². The van der Waals surface area contributed by atoms with Crippen molar-refractivity contribution in [3.05, 3.63) is 29.8 Å². The van der Waals surface area contributed by atoms with Crippen LogP contribution in [0.1, 0.15) is 108 Å². The average molecular weight is 451 g/mol. The topological polar surface area (TPSA) is 9.23 Å². The summed E-state index contributed by atoms with van der Waals surface area (Å²) >= 11 is 0. The van der Waals surface area contributed by atoms with Gasteiger partial charge in [0.1, 0.15) is 5.75 Å². The monoisotopic (exact) mass is 450 g/mol. The van der Waals surface area contributed by atoms with E-state index in [9.17, 15) is 13.2 Å². The van der Waals surface area contributed by atoms with E-state index in [1.165, 1.54) is 108 Å². The quantitative estimate of drug-likeness (QED) is 0.376. The lowest BCUT2D eigenvalue weighted by atomic mass is 9.60. The van der Waals surface area contributed by atoms with Gasteiger partial charge in [0.25, 0.3) is 0 Å². The molecule has 4 unspecified atom stereocenters. The van der Waals surface area contributed by atoms with Gasteiger partial charge in [-0.2, -0.15) is 0 Å². The van der Waals surface area contributed by atoms with E-state index in [1.54, 1.807) is 0 Å². The molecule has 4 atom stereocenters. The molecule has 1 aromatic carbocycles. The highest BCUT2D eigenvalue weighted by atomic mass is 19.4. The molecule has 0 radical (unpaired) electrons. The van der Waals surface area contributed by atoms with E-state index in [0.29, 0.717) is 5.92 Å². The molecule has 0 N–H and O–H groups in total. The van der Waals surface area contributed by atoms with E-state index >= 15 is 0 Å². The van der Waals surface area contributed by atoms with E-state index in [2.05, 4.69) is 11.7 Å². The van der Waals surface area contributed by atoms with Crippen LogP contribution in [0.4, 0.5) is 13.2 Å². The second-order valence-corrected chi connectivity index (χ2v) is 11.0.